The summed E-state index contributed by atoms with van der Waals surface area (Å²) < 4.78 is 13.4. The van der Waals surface area contributed by atoms with Gasteiger partial charge in [0.25, 0.3) is 0 Å². The Morgan fingerprint density at radius 1 is 1.29 bits per heavy atom. The Morgan fingerprint density at radius 2 is 2.03 bits per heavy atom. The quantitative estimate of drug-likeness (QED) is 0.215. The molecule has 2 unspecified atom stereocenters. The minimum absolute atomic E-state index is 0.0350. The van der Waals surface area contributed by atoms with Gasteiger partial charge in [0, 0.05) is 5.56 Å². The van der Waals surface area contributed by atoms with E-state index in [1.807, 2.05) is 0 Å². The molecule has 1 aliphatic heterocycles. The van der Waals surface area contributed by atoms with Crippen molar-refractivity contribution in [2.45, 2.75) is 69.4 Å². The normalized spacial score (nSPS) is 20.6. The smallest absolute Gasteiger partial charge is 0.141 e. The summed E-state index contributed by atoms with van der Waals surface area (Å²) in [5, 5.41) is 7.49. The van der Waals surface area contributed by atoms with Crippen LogP contribution in [0.5, 0.6) is 0 Å². The number of benzene rings is 1. The summed E-state index contributed by atoms with van der Waals surface area (Å²) in [4.78, 5) is 4.19. The Kier molecular flexibility index (Phi) is 8.14. The van der Waals surface area contributed by atoms with Crippen molar-refractivity contribution in [2.75, 3.05) is 6.54 Å². The summed E-state index contributed by atoms with van der Waals surface area (Å²) in [6, 6.07) is 11.7. The van der Waals surface area contributed by atoms with Crippen LogP contribution in [0.15, 0.2) is 54.4 Å². The number of nitrogens with zero attached hydrogens (tertiary/aromatic N) is 1. The van der Waals surface area contributed by atoms with Gasteiger partial charge in [-0.2, -0.15) is 0 Å². The van der Waals surface area contributed by atoms with Crippen molar-refractivity contribution in [3.05, 3.63) is 65.7 Å². The molecule has 5 heteroatoms. The third-order valence-corrected chi connectivity index (χ3v) is 8.00. The molecule has 0 spiro atoms. The molecule has 0 aliphatic carbocycles. The van der Waals surface area contributed by atoms with Gasteiger partial charge in [-0.1, -0.05) is 79.6 Å². The number of nitrogens with one attached hydrogen (secondary N) is 2. The lowest BCUT2D eigenvalue weighted by Gasteiger charge is -2.35. The zero-order valence-electron chi connectivity index (χ0n) is 19.1. The van der Waals surface area contributed by atoms with Crippen LogP contribution in [0.3, 0.4) is 0 Å². The molecule has 0 bridgehead atoms. The molecular formula is C26H35FIN3. The summed E-state index contributed by atoms with van der Waals surface area (Å²) in [5.74, 6) is -0.308. The molecule has 2 aromatic rings. The van der Waals surface area contributed by atoms with Gasteiger partial charge in [0.05, 0.1) is 21.5 Å². The minimum atomic E-state index is -0.308. The first-order valence-electron chi connectivity index (χ1n) is 11.2. The van der Waals surface area contributed by atoms with E-state index in [1.165, 1.54) is 36.2 Å². The number of pyridine rings is 1. The maximum absolute atomic E-state index is 13.1. The van der Waals surface area contributed by atoms with E-state index in [-0.39, 0.29) is 11.4 Å². The maximum atomic E-state index is 13.1. The molecule has 3 nitrogen and oxygen atoms in total. The zero-order valence-corrected chi connectivity index (χ0v) is 21.3. The number of hydrogen-bond acceptors (Lipinski definition) is 3. The van der Waals surface area contributed by atoms with Crippen LogP contribution < -0.4 is 10.6 Å². The van der Waals surface area contributed by atoms with Crippen molar-refractivity contribution < 1.29 is 4.39 Å². The van der Waals surface area contributed by atoms with Gasteiger partial charge in [0.15, 0.2) is 0 Å². The second kappa shape index (κ2) is 10.4. The molecule has 1 fully saturated rings. The van der Waals surface area contributed by atoms with Crippen LogP contribution in [0, 0.1) is 11.2 Å². The Morgan fingerprint density at radius 3 is 2.61 bits per heavy atom. The largest absolute Gasteiger partial charge is 0.378 e. The summed E-state index contributed by atoms with van der Waals surface area (Å²) in [5.41, 5.74) is 4.89. The zero-order chi connectivity index (χ0) is 22.5. The highest BCUT2D eigenvalue weighted by molar-refractivity contribution is 14.1. The van der Waals surface area contributed by atoms with E-state index in [0.29, 0.717) is 9.46 Å². The van der Waals surface area contributed by atoms with Crippen LogP contribution >= 0.6 is 22.6 Å². The first kappa shape index (κ1) is 24.2. The Balaban J connectivity index is 1.69. The monoisotopic (exact) mass is 535 g/mol. The molecule has 1 saturated heterocycles. The Labute approximate surface area is 200 Å². The predicted octanol–water partition coefficient (Wildman–Crippen LogP) is 6.63. The van der Waals surface area contributed by atoms with Crippen LogP contribution in [0.4, 0.5) is 4.39 Å². The fraction of sp³-hybridized carbons (Fsp3) is 0.500. The Bertz CT molecular complexity index is 869. The highest BCUT2D eigenvalue weighted by Crippen LogP contribution is 2.32. The molecule has 0 amide bonds. The van der Waals surface area contributed by atoms with E-state index in [1.54, 1.807) is 6.07 Å². The number of halogens is 2. The number of rotatable bonds is 9. The third-order valence-electron chi connectivity index (χ3n) is 6.45. The van der Waals surface area contributed by atoms with Crippen molar-refractivity contribution in [2.24, 2.45) is 5.41 Å². The van der Waals surface area contributed by atoms with Gasteiger partial charge in [0.1, 0.15) is 5.82 Å². The van der Waals surface area contributed by atoms with Crippen LogP contribution in [0.1, 0.15) is 58.9 Å². The highest BCUT2D eigenvalue weighted by Gasteiger charge is 2.39. The number of allylic oxidation sites excluding steroid dienone is 1. The molecule has 1 aromatic carbocycles. The van der Waals surface area contributed by atoms with Gasteiger partial charge in [0.2, 0.25) is 0 Å². The molecule has 0 radical (unpaired) electrons. The fourth-order valence-electron chi connectivity index (χ4n) is 4.30. The van der Waals surface area contributed by atoms with E-state index in [4.69, 9.17) is 0 Å². The van der Waals surface area contributed by atoms with E-state index in [0.717, 1.165) is 37.1 Å². The molecule has 3 rings (SSSR count). The molecule has 2 heterocycles. The van der Waals surface area contributed by atoms with Crippen molar-refractivity contribution in [3.8, 4) is 11.3 Å². The second-order valence-electron chi connectivity index (χ2n) is 9.64. The van der Waals surface area contributed by atoms with Crippen LogP contribution in [-0.2, 0) is 6.42 Å². The van der Waals surface area contributed by atoms with Gasteiger partial charge in [-0.3, -0.25) is 4.98 Å². The average Bonchev–Trinajstić information content (AvgIpc) is 3.22. The fourth-order valence-corrected chi connectivity index (χ4v) is 5.23. The lowest BCUT2D eigenvalue weighted by molar-refractivity contribution is 0.341. The van der Waals surface area contributed by atoms with E-state index < -0.39 is 0 Å². The first-order chi connectivity index (χ1) is 14.7. The lowest BCUT2D eigenvalue weighted by Crippen LogP contribution is -2.54. The standard InChI is InChI=1S/C26H35FIN3/c1-5-25(3,4)15-19(2)17-30-24(28)26(13-6-14-31-26)16-20-7-9-21(10-8-20)23-12-11-22(27)18-29-23/h7-12,17-18,24,30-31H,5-6,13-16H2,1-4H3/b19-17+. The maximum Gasteiger partial charge on any atom is 0.141 e. The van der Waals surface area contributed by atoms with Gasteiger partial charge >= 0.3 is 0 Å². The van der Waals surface area contributed by atoms with Gasteiger partial charge < -0.3 is 10.6 Å². The number of hydrogen-bond donors (Lipinski definition) is 2. The average molecular weight is 535 g/mol. The topological polar surface area (TPSA) is 37.0 Å². The SMILES string of the molecule is CCC(C)(C)C/C(C)=C/NC(I)C1(Cc2ccc(-c3ccc(F)cn3)cc2)CCCN1. The van der Waals surface area contributed by atoms with Crippen LogP contribution in [-0.4, -0.2) is 21.1 Å². The lowest BCUT2D eigenvalue weighted by atomic mass is 9.84. The second-order valence-corrected chi connectivity index (χ2v) is 10.9. The van der Waals surface area contributed by atoms with Crippen molar-refractivity contribution in [1.29, 1.82) is 0 Å². The minimum Gasteiger partial charge on any atom is -0.378 e. The predicted molar refractivity (Wildman–Crippen MR) is 137 cm³/mol. The highest BCUT2D eigenvalue weighted by atomic mass is 127. The van der Waals surface area contributed by atoms with Gasteiger partial charge in [-0.05, 0) is 68.5 Å². The third kappa shape index (κ3) is 6.51. The van der Waals surface area contributed by atoms with Crippen LogP contribution in [0.25, 0.3) is 11.3 Å². The first-order valence-corrected chi connectivity index (χ1v) is 12.5. The van der Waals surface area contributed by atoms with E-state index in [9.17, 15) is 4.39 Å². The van der Waals surface area contributed by atoms with Gasteiger partial charge in [-0.15, -0.1) is 0 Å². The number of alkyl halides is 1. The molecule has 0 saturated carbocycles. The molecule has 2 atom stereocenters. The van der Waals surface area contributed by atoms with E-state index >= 15 is 0 Å². The molecular weight excluding hydrogens is 500 g/mol. The summed E-state index contributed by atoms with van der Waals surface area (Å²) >= 11 is 2.56. The molecule has 168 valence electrons. The summed E-state index contributed by atoms with van der Waals surface area (Å²) in [7, 11) is 0. The summed E-state index contributed by atoms with van der Waals surface area (Å²) in [6.45, 7) is 10.2. The molecule has 2 N–H and O–H groups in total. The molecule has 1 aliphatic rings. The molecule has 31 heavy (non-hydrogen) atoms. The van der Waals surface area contributed by atoms with E-state index in [2.05, 4.69) is 96.4 Å². The van der Waals surface area contributed by atoms with Gasteiger partial charge in [-0.25, -0.2) is 4.39 Å². The van der Waals surface area contributed by atoms with Crippen molar-refractivity contribution in [3.63, 3.8) is 0 Å². The van der Waals surface area contributed by atoms with Crippen molar-refractivity contribution >= 4 is 22.6 Å². The molecule has 1 aromatic heterocycles. The number of aromatic nitrogens is 1. The Hall–Kier alpha value is -1.47. The van der Waals surface area contributed by atoms with Crippen LogP contribution in [0.2, 0.25) is 0 Å². The van der Waals surface area contributed by atoms with Crippen molar-refractivity contribution in [1.82, 2.24) is 15.6 Å². The summed E-state index contributed by atoms with van der Waals surface area (Å²) in [6.07, 6.45) is 9.11.